The van der Waals surface area contributed by atoms with Gasteiger partial charge in [0, 0.05) is 39.3 Å². The number of aliphatic imine (C=N–C) groups is 1. The minimum absolute atomic E-state index is 0.0142. The van der Waals surface area contributed by atoms with Crippen LogP contribution in [0.3, 0.4) is 0 Å². The molecule has 0 radical (unpaired) electrons. The third kappa shape index (κ3) is 8.43. The van der Waals surface area contributed by atoms with Crippen LogP contribution in [0, 0.1) is 12.3 Å². The highest BCUT2D eigenvalue weighted by molar-refractivity contribution is 5.94. The molecule has 2 aromatic rings. The van der Waals surface area contributed by atoms with E-state index >= 15 is 0 Å². The van der Waals surface area contributed by atoms with Gasteiger partial charge in [-0.25, -0.2) is 0 Å². The predicted octanol–water partition coefficient (Wildman–Crippen LogP) is 2.74. The van der Waals surface area contributed by atoms with Crippen LogP contribution in [0.2, 0.25) is 0 Å². The fourth-order valence-electron chi connectivity index (χ4n) is 2.96. The van der Waals surface area contributed by atoms with Gasteiger partial charge in [-0.15, -0.1) is 6.42 Å². The van der Waals surface area contributed by atoms with Crippen molar-refractivity contribution < 1.29 is 9.53 Å². The summed E-state index contributed by atoms with van der Waals surface area (Å²) in [5.41, 5.74) is 3.01. The average molecular weight is 421 g/mol. The average Bonchev–Trinajstić information content (AvgIpc) is 2.78. The van der Waals surface area contributed by atoms with Crippen LogP contribution in [0.5, 0.6) is 5.75 Å². The summed E-state index contributed by atoms with van der Waals surface area (Å²) in [4.78, 5) is 18.4. The minimum Gasteiger partial charge on any atom is -0.481 e. The molecule has 31 heavy (non-hydrogen) atoms. The summed E-state index contributed by atoms with van der Waals surface area (Å²) in [6.07, 6.45) is 6.84. The molecule has 0 fully saturated rings. The molecule has 6 heteroatoms. The number of hydrogen-bond acceptors (Lipinski definition) is 3. The summed E-state index contributed by atoms with van der Waals surface area (Å²) in [5, 5.41) is 6.64. The molecule has 0 spiro atoms. The Morgan fingerprint density at radius 2 is 1.87 bits per heavy atom. The van der Waals surface area contributed by atoms with E-state index in [4.69, 9.17) is 11.2 Å². The van der Waals surface area contributed by atoms with Crippen molar-refractivity contribution in [1.29, 1.82) is 0 Å². The lowest BCUT2D eigenvalue weighted by molar-refractivity contribution is 0.0827. The van der Waals surface area contributed by atoms with Crippen molar-refractivity contribution in [2.45, 2.75) is 19.8 Å². The Kier molecular flexibility index (Phi) is 9.96. The minimum atomic E-state index is 0.0142. The van der Waals surface area contributed by atoms with Crippen LogP contribution in [0.1, 0.15) is 28.4 Å². The zero-order valence-corrected chi connectivity index (χ0v) is 18.6. The standard InChI is InChI=1S/C25H32N4O2/c1-5-18-31-23-12-10-20(11-13-23)14-16-27-25(26-6-2)28-17-15-21-8-7-9-22(19-21)24(30)29(3)4/h1,7-13,19H,6,14-18H2,2-4H3,(H2,26,27,28). The maximum atomic E-state index is 12.1. The van der Waals surface area contributed by atoms with E-state index in [-0.39, 0.29) is 12.5 Å². The van der Waals surface area contributed by atoms with E-state index in [1.54, 1.807) is 19.0 Å². The number of benzene rings is 2. The van der Waals surface area contributed by atoms with E-state index in [2.05, 4.69) is 21.5 Å². The lowest BCUT2D eigenvalue weighted by Crippen LogP contribution is -2.38. The maximum Gasteiger partial charge on any atom is 0.253 e. The van der Waals surface area contributed by atoms with Crippen LogP contribution in [0.4, 0.5) is 0 Å². The van der Waals surface area contributed by atoms with Crippen molar-refractivity contribution >= 4 is 11.9 Å². The first-order valence-electron chi connectivity index (χ1n) is 10.5. The quantitative estimate of drug-likeness (QED) is 0.352. The van der Waals surface area contributed by atoms with Crippen LogP contribution in [0.15, 0.2) is 53.5 Å². The Morgan fingerprint density at radius 1 is 1.10 bits per heavy atom. The van der Waals surface area contributed by atoms with Gasteiger partial charge in [0.05, 0.1) is 0 Å². The van der Waals surface area contributed by atoms with E-state index < -0.39 is 0 Å². The molecule has 0 saturated carbocycles. The molecule has 0 bridgehead atoms. The van der Waals surface area contributed by atoms with Gasteiger partial charge in [-0.05, 0) is 55.2 Å². The number of rotatable bonds is 10. The highest BCUT2D eigenvalue weighted by atomic mass is 16.5. The van der Waals surface area contributed by atoms with E-state index in [9.17, 15) is 4.79 Å². The van der Waals surface area contributed by atoms with Crippen LogP contribution >= 0.6 is 0 Å². The number of terminal acetylenes is 1. The molecule has 0 aromatic heterocycles. The molecule has 6 nitrogen and oxygen atoms in total. The zero-order chi connectivity index (χ0) is 22.5. The topological polar surface area (TPSA) is 66.0 Å². The first-order chi connectivity index (χ1) is 15.0. The third-order valence-electron chi connectivity index (χ3n) is 4.55. The molecule has 0 saturated heterocycles. The predicted molar refractivity (Wildman–Crippen MR) is 127 cm³/mol. The normalized spacial score (nSPS) is 10.8. The van der Waals surface area contributed by atoms with Crippen molar-refractivity contribution in [1.82, 2.24) is 15.5 Å². The van der Waals surface area contributed by atoms with Crippen LogP contribution in [-0.2, 0) is 12.8 Å². The summed E-state index contributed by atoms with van der Waals surface area (Å²) in [7, 11) is 3.52. The molecule has 164 valence electrons. The van der Waals surface area contributed by atoms with Crippen molar-refractivity contribution in [3.63, 3.8) is 0 Å². The summed E-state index contributed by atoms with van der Waals surface area (Å²) in [6, 6.07) is 15.7. The number of nitrogens with one attached hydrogen (secondary N) is 2. The lowest BCUT2D eigenvalue weighted by Gasteiger charge is -2.13. The van der Waals surface area contributed by atoms with Gasteiger partial charge in [-0.2, -0.15) is 0 Å². The largest absolute Gasteiger partial charge is 0.481 e. The van der Waals surface area contributed by atoms with Crippen molar-refractivity contribution in [3.05, 3.63) is 65.2 Å². The third-order valence-corrected chi connectivity index (χ3v) is 4.55. The van der Waals surface area contributed by atoms with Gasteiger partial charge in [0.15, 0.2) is 5.96 Å². The number of carbonyl (C=O) groups excluding carboxylic acids is 1. The number of ether oxygens (including phenoxy) is 1. The van der Waals surface area contributed by atoms with Crippen LogP contribution in [-0.4, -0.2) is 57.1 Å². The first kappa shape index (κ1) is 23.8. The fourth-order valence-corrected chi connectivity index (χ4v) is 2.96. The Balaban J connectivity index is 1.84. The van der Waals surface area contributed by atoms with Gasteiger partial charge < -0.3 is 20.3 Å². The Labute approximate surface area is 185 Å². The second kappa shape index (κ2) is 13.0. The summed E-state index contributed by atoms with van der Waals surface area (Å²) in [5.74, 6) is 4.04. The first-order valence-corrected chi connectivity index (χ1v) is 10.5. The monoisotopic (exact) mass is 420 g/mol. The molecule has 1 amide bonds. The molecule has 0 aliphatic heterocycles. The SMILES string of the molecule is C#CCOc1ccc(CCN=C(NCC)NCCc2cccc(C(=O)N(C)C)c2)cc1. The van der Waals surface area contributed by atoms with Crippen LogP contribution in [0.25, 0.3) is 0 Å². The Hall–Kier alpha value is -3.46. The van der Waals surface area contributed by atoms with E-state index in [0.717, 1.165) is 43.2 Å². The van der Waals surface area contributed by atoms with Crippen molar-refractivity contribution in [2.24, 2.45) is 4.99 Å². The smallest absolute Gasteiger partial charge is 0.253 e. The van der Waals surface area contributed by atoms with Gasteiger partial charge in [-0.3, -0.25) is 9.79 Å². The molecular weight excluding hydrogens is 388 g/mol. The number of nitrogens with zero attached hydrogens (tertiary/aromatic N) is 2. The van der Waals surface area contributed by atoms with E-state index in [0.29, 0.717) is 12.1 Å². The van der Waals surface area contributed by atoms with E-state index in [1.807, 2.05) is 55.5 Å². The molecule has 2 rings (SSSR count). The summed E-state index contributed by atoms with van der Waals surface area (Å²) in [6.45, 7) is 4.51. The van der Waals surface area contributed by atoms with Gasteiger partial charge in [0.1, 0.15) is 12.4 Å². The highest BCUT2D eigenvalue weighted by Crippen LogP contribution is 2.12. The second-order valence-electron chi connectivity index (χ2n) is 7.22. The molecule has 0 heterocycles. The number of carbonyl (C=O) groups is 1. The molecule has 0 aliphatic carbocycles. The summed E-state index contributed by atoms with van der Waals surface area (Å²) < 4.78 is 5.39. The molecule has 0 unspecified atom stereocenters. The Morgan fingerprint density at radius 3 is 2.55 bits per heavy atom. The molecule has 2 N–H and O–H groups in total. The lowest BCUT2D eigenvalue weighted by atomic mass is 10.1. The maximum absolute atomic E-state index is 12.1. The molecule has 0 atom stereocenters. The van der Waals surface area contributed by atoms with E-state index in [1.165, 1.54) is 5.56 Å². The Bertz CT molecular complexity index is 898. The number of guanidine groups is 1. The molecule has 0 aliphatic rings. The number of hydrogen-bond donors (Lipinski definition) is 2. The van der Waals surface area contributed by atoms with Crippen molar-refractivity contribution in [2.75, 3.05) is 40.3 Å². The highest BCUT2D eigenvalue weighted by Gasteiger charge is 2.08. The molecular formula is C25H32N4O2. The van der Waals surface area contributed by atoms with Crippen molar-refractivity contribution in [3.8, 4) is 18.1 Å². The van der Waals surface area contributed by atoms with Gasteiger partial charge in [0.2, 0.25) is 0 Å². The number of amides is 1. The zero-order valence-electron chi connectivity index (χ0n) is 18.6. The fraction of sp³-hybridized carbons (Fsp3) is 0.360. The van der Waals surface area contributed by atoms with Gasteiger partial charge >= 0.3 is 0 Å². The molecule has 2 aromatic carbocycles. The summed E-state index contributed by atoms with van der Waals surface area (Å²) >= 11 is 0. The van der Waals surface area contributed by atoms with Crippen LogP contribution < -0.4 is 15.4 Å². The van der Waals surface area contributed by atoms with Gasteiger partial charge in [0.25, 0.3) is 5.91 Å². The second-order valence-corrected chi connectivity index (χ2v) is 7.22. The van der Waals surface area contributed by atoms with Gasteiger partial charge in [-0.1, -0.05) is 30.2 Å².